The lowest BCUT2D eigenvalue weighted by Gasteiger charge is -1.99. The number of nitrogens with zero attached hydrogens (tertiary/aromatic N) is 1. The summed E-state index contributed by atoms with van der Waals surface area (Å²) < 4.78 is 9.63. The molecule has 0 saturated carbocycles. The largest absolute Gasteiger partial charge is 0.462 e. The molecular formula is C14H16N2O4. The summed E-state index contributed by atoms with van der Waals surface area (Å²) in [6, 6.07) is 3.31. The molecule has 0 bridgehead atoms. The molecule has 1 N–H and O–H groups in total. The van der Waals surface area contributed by atoms with E-state index in [2.05, 4.69) is 4.98 Å². The van der Waals surface area contributed by atoms with Crippen molar-refractivity contribution >= 4 is 18.0 Å². The highest BCUT2D eigenvalue weighted by Crippen LogP contribution is 2.15. The van der Waals surface area contributed by atoms with Gasteiger partial charge >= 0.3 is 11.9 Å². The van der Waals surface area contributed by atoms with Gasteiger partial charge in [-0.05, 0) is 38.5 Å². The number of esters is 2. The molecule has 0 fully saturated rings. The maximum atomic E-state index is 11.6. The summed E-state index contributed by atoms with van der Waals surface area (Å²) in [5.74, 6) is -1.17. The van der Waals surface area contributed by atoms with Crippen molar-refractivity contribution in [1.29, 1.82) is 5.26 Å². The van der Waals surface area contributed by atoms with Crippen LogP contribution in [0, 0.1) is 18.3 Å². The number of carbonyl (C=O) groups is 2. The number of ether oxygens (including phenoxy) is 2. The minimum Gasteiger partial charge on any atom is -0.462 e. The highest BCUT2D eigenvalue weighted by molar-refractivity contribution is 5.98. The molecule has 6 nitrogen and oxygen atoms in total. The van der Waals surface area contributed by atoms with Crippen molar-refractivity contribution in [2.24, 2.45) is 0 Å². The fourth-order valence-corrected chi connectivity index (χ4v) is 1.54. The van der Waals surface area contributed by atoms with Gasteiger partial charge in [0.2, 0.25) is 0 Å². The summed E-state index contributed by atoms with van der Waals surface area (Å²) in [5.41, 5.74) is 1.38. The predicted molar refractivity (Wildman–Crippen MR) is 71.7 cm³/mol. The van der Waals surface area contributed by atoms with E-state index in [0.717, 1.165) is 0 Å². The molecular weight excluding hydrogens is 260 g/mol. The van der Waals surface area contributed by atoms with Gasteiger partial charge in [-0.3, -0.25) is 0 Å². The molecule has 0 saturated heterocycles. The molecule has 0 amide bonds. The Kier molecular flexibility index (Phi) is 5.54. The minimum absolute atomic E-state index is 0.121. The van der Waals surface area contributed by atoms with Crippen molar-refractivity contribution in [2.75, 3.05) is 13.2 Å². The SMILES string of the molecule is CCOC(=O)/C(C#N)=C/c1cc(C(=O)OCC)[nH]c1C. The number of carbonyl (C=O) groups excluding carboxylic acids is 2. The van der Waals surface area contributed by atoms with E-state index in [1.165, 1.54) is 12.1 Å². The summed E-state index contributed by atoms with van der Waals surface area (Å²) in [6.07, 6.45) is 1.38. The number of nitrogens with one attached hydrogen (secondary N) is 1. The molecule has 0 radical (unpaired) electrons. The number of hydrogen-bond acceptors (Lipinski definition) is 5. The Morgan fingerprint density at radius 3 is 2.55 bits per heavy atom. The third kappa shape index (κ3) is 3.72. The van der Waals surface area contributed by atoms with E-state index in [0.29, 0.717) is 11.3 Å². The Balaban J connectivity index is 3.05. The van der Waals surface area contributed by atoms with Crippen LogP contribution >= 0.6 is 0 Å². The Bertz CT molecular complexity index is 578. The second kappa shape index (κ2) is 7.14. The van der Waals surface area contributed by atoms with Crippen LogP contribution in [0.2, 0.25) is 0 Å². The highest BCUT2D eigenvalue weighted by Gasteiger charge is 2.14. The first kappa shape index (κ1) is 15.5. The summed E-state index contributed by atoms with van der Waals surface area (Å²) in [6.45, 7) is 5.57. The second-order valence-electron chi connectivity index (χ2n) is 3.87. The third-order valence-corrected chi connectivity index (χ3v) is 2.47. The maximum Gasteiger partial charge on any atom is 0.354 e. The number of hydrogen-bond donors (Lipinski definition) is 1. The summed E-state index contributed by atoms with van der Waals surface area (Å²) in [4.78, 5) is 25.9. The Morgan fingerprint density at radius 2 is 2.00 bits per heavy atom. The quantitative estimate of drug-likeness (QED) is 0.504. The number of aromatic nitrogens is 1. The smallest absolute Gasteiger partial charge is 0.354 e. The third-order valence-electron chi connectivity index (χ3n) is 2.47. The van der Waals surface area contributed by atoms with E-state index in [1.54, 1.807) is 26.8 Å². The van der Waals surface area contributed by atoms with Crippen LogP contribution in [0.4, 0.5) is 0 Å². The molecule has 0 atom stereocenters. The molecule has 0 aliphatic carbocycles. The van der Waals surface area contributed by atoms with Crippen LogP contribution in [0.15, 0.2) is 11.6 Å². The molecule has 1 aromatic rings. The van der Waals surface area contributed by atoms with Gasteiger partial charge in [-0.25, -0.2) is 9.59 Å². The number of H-pyrrole nitrogens is 1. The molecule has 1 aromatic heterocycles. The summed E-state index contributed by atoms with van der Waals surface area (Å²) in [5, 5.41) is 8.95. The van der Waals surface area contributed by atoms with Crippen LogP contribution in [-0.2, 0) is 14.3 Å². The van der Waals surface area contributed by atoms with E-state index in [9.17, 15) is 9.59 Å². The molecule has 0 aliphatic rings. The van der Waals surface area contributed by atoms with E-state index in [1.807, 2.05) is 0 Å². The lowest BCUT2D eigenvalue weighted by atomic mass is 10.1. The maximum absolute atomic E-state index is 11.6. The number of nitriles is 1. The number of aromatic amines is 1. The zero-order valence-electron chi connectivity index (χ0n) is 11.6. The van der Waals surface area contributed by atoms with Gasteiger partial charge in [0.05, 0.1) is 13.2 Å². The van der Waals surface area contributed by atoms with Crippen molar-refractivity contribution in [2.45, 2.75) is 20.8 Å². The molecule has 0 aliphatic heterocycles. The normalized spacial score (nSPS) is 10.8. The van der Waals surface area contributed by atoms with Crippen LogP contribution in [0.1, 0.15) is 35.6 Å². The van der Waals surface area contributed by atoms with Crippen LogP contribution in [0.3, 0.4) is 0 Å². The van der Waals surface area contributed by atoms with Crippen molar-refractivity contribution in [3.63, 3.8) is 0 Å². The van der Waals surface area contributed by atoms with Crippen molar-refractivity contribution in [3.8, 4) is 6.07 Å². The van der Waals surface area contributed by atoms with Gasteiger partial charge in [-0.2, -0.15) is 5.26 Å². The van der Waals surface area contributed by atoms with Gasteiger partial charge in [0, 0.05) is 5.69 Å². The molecule has 1 rings (SSSR count). The first-order valence-corrected chi connectivity index (χ1v) is 6.19. The average molecular weight is 276 g/mol. The van der Waals surface area contributed by atoms with Gasteiger partial charge in [0.1, 0.15) is 17.3 Å². The molecule has 6 heteroatoms. The van der Waals surface area contributed by atoms with Crippen LogP contribution < -0.4 is 0 Å². The van der Waals surface area contributed by atoms with Crippen LogP contribution in [0.25, 0.3) is 6.08 Å². The van der Waals surface area contributed by atoms with Crippen molar-refractivity contribution < 1.29 is 19.1 Å². The number of aryl methyl sites for hydroxylation is 1. The molecule has 0 spiro atoms. The van der Waals surface area contributed by atoms with Gasteiger partial charge in [0.25, 0.3) is 0 Å². The molecule has 106 valence electrons. The molecule has 0 unspecified atom stereocenters. The minimum atomic E-state index is -0.687. The zero-order chi connectivity index (χ0) is 15.1. The van der Waals surface area contributed by atoms with E-state index >= 15 is 0 Å². The monoisotopic (exact) mass is 276 g/mol. The van der Waals surface area contributed by atoms with Gasteiger partial charge in [-0.1, -0.05) is 0 Å². The van der Waals surface area contributed by atoms with Crippen LogP contribution in [-0.4, -0.2) is 30.1 Å². The fraction of sp³-hybridized carbons (Fsp3) is 0.357. The summed E-state index contributed by atoms with van der Waals surface area (Å²) in [7, 11) is 0. The zero-order valence-corrected chi connectivity index (χ0v) is 11.6. The first-order chi connectivity index (χ1) is 9.53. The Morgan fingerprint density at radius 1 is 1.35 bits per heavy atom. The standard InChI is InChI=1S/C14H16N2O4/c1-4-19-13(17)11(8-15)6-10-7-12(16-9(10)3)14(18)20-5-2/h6-7,16H,4-5H2,1-3H3/b11-6+. The molecule has 20 heavy (non-hydrogen) atoms. The molecule has 0 aromatic carbocycles. The second-order valence-corrected chi connectivity index (χ2v) is 3.87. The van der Waals surface area contributed by atoms with E-state index in [-0.39, 0.29) is 24.5 Å². The van der Waals surface area contributed by atoms with Gasteiger partial charge < -0.3 is 14.5 Å². The van der Waals surface area contributed by atoms with Crippen molar-refractivity contribution in [3.05, 3.63) is 28.6 Å². The average Bonchev–Trinajstić information content (AvgIpc) is 2.78. The predicted octanol–water partition coefficient (Wildman–Crippen LogP) is 1.97. The van der Waals surface area contributed by atoms with Crippen LogP contribution in [0.5, 0.6) is 0 Å². The fourth-order valence-electron chi connectivity index (χ4n) is 1.54. The van der Waals surface area contributed by atoms with E-state index < -0.39 is 11.9 Å². The first-order valence-electron chi connectivity index (χ1n) is 6.19. The Labute approximate surface area is 117 Å². The number of rotatable bonds is 5. The van der Waals surface area contributed by atoms with Gasteiger partial charge in [-0.15, -0.1) is 0 Å². The topological polar surface area (TPSA) is 92.2 Å². The lowest BCUT2D eigenvalue weighted by Crippen LogP contribution is -2.06. The van der Waals surface area contributed by atoms with Gasteiger partial charge in [0.15, 0.2) is 0 Å². The molecule has 1 heterocycles. The van der Waals surface area contributed by atoms with E-state index in [4.69, 9.17) is 14.7 Å². The van der Waals surface area contributed by atoms with Crippen molar-refractivity contribution in [1.82, 2.24) is 4.98 Å². The lowest BCUT2D eigenvalue weighted by molar-refractivity contribution is -0.137. The Hall–Kier alpha value is -2.55. The summed E-state index contributed by atoms with van der Waals surface area (Å²) >= 11 is 0. The highest BCUT2D eigenvalue weighted by atomic mass is 16.5.